The smallest absolute Gasteiger partial charge is 0.461 e. The van der Waals surface area contributed by atoms with Crippen LogP contribution in [0.4, 0.5) is 4.79 Å². The van der Waals surface area contributed by atoms with Gasteiger partial charge < -0.3 is 19.9 Å². The predicted molar refractivity (Wildman–Crippen MR) is 165 cm³/mol. The zero-order valence-corrected chi connectivity index (χ0v) is 25.4. The second-order valence-electron chi connectivity index (χ2n) is 13.4. The third kappa shape index (κ3) is 5.88. The maximum Gasteiger partial charge on any atom is 0.508 e. The minimum Gasteiger partial charge on any atom is -0.461 e. The molecule has 228 valence electrons. The molecule has 6 rings (SSSR count). The molecule has 4 aliphatic rings. The molecule has 1 aromatic carbocycles. The lowest BCUT2D eigenvalue weighted by molar-refractivity contribution is -0.146. The van der Waals surface area contributed by atoms with E-state index in [2.05, 4.69) is 37.0 Å². The molecule has 0 saturated heterocycles. The number of carbonyl (C=O) groups excluding carboxylic acids is 2. The summed E-state index contributed by atoms with van der Waals surface area (Å²) in [5, 5.41) is 0. The number of nitrogens with two attached hydrogens (primary N) is 1. The number of hydrogen-bond donors (Lipinski definition) is 1. The largest absolute Gasteiger partial charge is 0.508 e. The van der Waals surface area contributed by atoms with Gasteiger partial charge in [0.05, 0.1) is 0 Å². The number of ether oxygens (including phenoxy) is 3. The highest BCUT2D eigenvalue weighted by molar-refractivity contribution is 5.76. The molecule has 1 aromatic heterocycles. The quantitative estimate of drug-likeness (QED) is 0.210. The Kier molecular flexibility index (Phi) is 8.45. The number of rotatable bonds is 8. The standard InChI is InChI=1S/C36H44N2O5/c1-35-16-14-27(43-34(40)42-20-19-41-33(39)32(37)21-24-7-4-3-5-8-24)22-26(35)10-11-28-30-13-12-29(25-9-6-18-38-23-25)36(30,2)17-15-31(28)35/h3-10,12,18,23,27-28,30-32H,11,13-17,19-22,37H2,1-2H3/t27-,28-,30-,31-,32-,35-,36+/m0/s1. The van der Waals surface area contributed by atoms with Gasteiger partial charge in [0.1, 0.15) is 25.4 Å². The molecule has 7 atom stereocenters. The minimum atomic E-state index is -0.764. The van der Waals surface area contributed by atoms with Crippen LogP contribution in [0.2, 0.25) is 0 Å². The summed E-state index contributed by atoms with van der Waals surface area (Å²) >= 11 is 0. The van der Waals surface area contributed by atoms with Crippen molar-refractivity contribution in [3.05, 3.63) is 83.7 Å². The Bertz CT molecular complexity index is 1370. The summed E-state index contributed by atoms with van der Waals surface area (Å²) in [6.45, 7) is 4.82. The van der Waals surface area contributed by atoms with Crippen LogP contribution in [0, 0.1) is 28.6 Å². The highest BCUT2D eigenvalue weighted by Gasteiger charge is 2.57. The van der Waals surface area contributed by atoms with E-state index in [9.17, 15) is 9.59 Å². The number of fused-ring (bicyclic) bond motifs is 5. The normalized spacial score (nSPS) is 31.8. The zero-order chi connectivity index (χ0) is 30.0. The van der Waals surface area contributed by atoms with E-state index < -0.39 is 18.2 Å². The molecule has 2 N–H and O–H groups in total. The summed E-state index contributed by atoms with van der Waals surface area (Å²) in [4.78, 5) is 29.1. The van der Waals surface area contributed by atoms with Gasteiger partial charge in [0.25, 0.3) is 0 Å². The van der Waals surface area contributed by atoms with Gasteiger partial charge in [-0.15, -0.1) is 0 Å². The molecular formula is C36H44N2O5. The van der Waals surface area contributed by atoms with Crippen molar-refractivity contribution in [1.82, 2.24) is 4.98 Å². The van der Waals surface area contributed by atoms with E-state index in [4.69, 9.17) is 19.9 Å². The van der Waals surface area contributed by atoms with Gasteiger partial charge in [-0.1, -0.05) is 68.0 Å². The molecule has 1 heterocycles. The second-order valence-corrected chi connectivity index (χ2v) is 13.4. The van der Waals surface area contributed by atoms with Crippen LogP contribution in [-0.2, 0) is 25.4 Å². The molecule has 2 saturated carbocycles. The Hall–Kier alpha value is -3.45. The van der Waals surface area contributed by atoms with Crippen molar-refractivity contribution in [2.45, 2.75) is 77.4 Å². The summed E-state index contributed by atoms with van der Waals surface area (Å²) in [5.74, 6) is 1.47. The fourth-order valence-corrected chi connectivity index (χ4v) is 8.76. The van der Waals surface area contributed by atoms with Crippen molar-refractivity contribution in [2.75, 3.05) is 13.2 Å². The van der Waals surface area contributed by atoms with Gasteiger partial charge >= 0.3 is 12.1 Å². The number of aromatic nitrogens is 1. The fourth-order valence-electron chi connectivity index (χ4n) is 8.76. The first-order valence-corrected chi connectivity index (χ1v) is 15.9. The molecule has 0 bridgehead atoms. The zero-order valence-electron chi connectivity index (χ0n) is 25.4. The van der Waals surface area contributed by atoms with E-state index in [0.717, 1.165) is 37.7 Å². The van der Waals surface area contributed by atoms with Gasteiger partial charge in [0, 0.05) is 18.8 Å². The maximum absolute atomic E-state index is 12.5. The van der Waals surface area contributed by atoms with Crippen molar-refractivity contribution >= 4 is 17.7 Å². The summed E-state index contributed by atoms with van der Waals surface area (Å²) in [7, 11) is 0. The number of hydrogen-bond acceptors (Lipinski definition) is 7. The molecule has 7 nitrogen and oxygen atoms in total. The van der Waals surface area contributed by atoms with E-state index in [1.165, 1.54) is 29.6 Å². The first-order chi connectivity index (χ1) is 20.8. The molecule has 2 fully saturated rings. The van der Waals surface area contributed by atoms with E-state index >= 15 is 0 Å². The molecular weight excluding hydrogens is 540 g/mol. The van der Waals surface area contributed by atoms with Crippen LogP contribution in [0.1, 0.15) is 69.9 Å². The SMILES string of the molecule is C[C@]12CC[C@H](OC(=O)OCCOC(=O)[C@@H](N)Cc3ccccc3)CC1=CC[C@@H]1[C@@H]2CC[C@]2(C)C(c3cccnc3)=CC[C@@H]12. The van der Waals surface area contributed by atoms with Crippen LogP contribution >= 0.6 is 0 Å². The molecule has 0 amide bonds. The van der Waals surface area contributed by atoms with Gasteiger partial charge in [-0.05, 0) is 96.3 Å². The summed E-state index contributed by atoms with van der Waals surface area (Å²) in [5.41, 5.74) is 11.5. The topological polar surface area (TPSA) is 101 Å². The average molecular weight is 585 g/mol. The lowest BCUT2D eigenvalue weighted by Crippen LogP contribution is -2.50. The molecule has 0 spiro atoms. The predicted octanol–water partition coefficient (Wildman–Crippen LogP) is 6.67. The van der Waals surface area contributed by atoms with E-state index in [1.54, 1.807) is 0 Å². The number of pyridine rings is 1. The van der Waals surface area contributed by atoms with Crippen molar-refractivity contribution < 1.29 is 23.8 Å². The molecule has 2 aromatic rings. The monoisotopic (exact) mass is 584 g/mol. The Morgan fingerprint density at radius 1 is 0.953 bits per heavy atom. The van der Waals surface area contributed by atoms with Gasteiger partial charge in [-0.25, -0.2) is 4.79 Å². The van der Waals surface area contributed by atoms with Gasteiger partial charge in [0.15, 0.2) is 0 Å². The maximum atomic E-state index is 12.5. The van der Waals surface area contributed by atoms with Gasteiger partial charge in [-0.3, -0.25) is 9.78 Å². The van der Waals surface area contributed by atoms with E-state index in [1.807, 2.05) is 48.8 Å². The Balaban J connectivity index is 0.981. The third-order valence-electron chi connectivity index (χ3n) is 11.0. The van der Waals surface area contributed by atoms with E-state index in [0.29, 0.717) is 24.2 Å². The molecule has 7 heteroatoms. The second kappa shape index (κ2) is 12.3. The van der Waals surface area contributed by atoms with Crippen LogP contribution in [0.15, 0.2) is 72.6 Å². The molecule has 0 radical (unpaired) electrons. The number of carbonyl (C=O) groups is 2. The Morgan fingerprint density at radius 2 is 1.74 bits per heavy atom. The highest BCUT2D eigenvalue weighted by atomic mass is 16.7. The fraction of sp³-hybridized carbons (Fsp3) is 0.528. The molecule has 0 unspecified atom stereocenters. The van der Waals surface area contributed by atoms with Gasteiger partial charge in [-0.2, -0.15) is 0 Å². The minimum absolute atomic E-state index is 0.0508. The average Bonchev–Trinajstić information content (AvgIpc) is 3.37. The van der Waals surface area contributed by atoms with Crippen molar-refractivity contribution in [3.8, 4) is 0 Å². The molecule has 0 aliphatic heterocycles. The lowest BCUT2D eigenvalue weighted by Gasteiger charge is -2.57. The summed E-state index contributed by atoms with van der Waals surface area (Å²) < 4.78 is 16.2. The van der Waals surface area contributed by atoms with Crippen molar-refractivity contribution in [2.24, 2.45) is 34.3 Å². The highest BCUT2D eigenvalue weighted by Crippen LogP contribution is 2.66. The first-order valence-electron chi connectivity index (χ1n) is 15.9. The number of benzene rings is 1. The Morgan fingerprint density at radius 3 is 2.53 bits per heavy atom. The van der Waals surface area contributed by atoms with Crippen LogP contribution in [0.5, 0.6) is 0 Å². The Labute approximate surface area is 254 Å². The van der Waals surface area contributed by atoms with Crippen molar-refractivity contribution in [3.63, 3.8) is 0 Å². The molecule has 43 heavy (non-hydrogen) atoms. The van der Waals surface area contributed by atoms with Crippen LogP contribution < -0.4 is 5.73 Å². The van der Waals surface area contributed by atoms with Crippen LogP contribution in [-0.4, -0.2) is 42.5 Å². The van der Waals surface area contributed by atoms with Crippen molar-refractivity contribution in [1.29, 1.82) is 0 Å². The number of esters is 1. The van der Waals surface area contributed by atoms with Crippen LogP contribution in [0.3, 0.4) is 0 Å². The molecule has 4 aliphatic carbocycles. The van der Waals surface area contributed by atoms with Crippen LogP contribution in [0.25, 0.3) is 5.57 Å². The summed E-state index contributed by atoms with van der Waals surface area (Å²) in [6.07, 6.45) is 15.6. The number of allylic oxidation sites excluding steroid dienone is 3. The lowest BCUT2D eigenvalue weighted by atomic mass is 9.47. The third-order valence-corrected chi connectivity index (χ3v) is 11.0. The van der Waals surface area contributed by atoms with Gasteiger partial charge in [0.2, 0.25) is 0 Å². The van der Waals surface area contributed by atoms with E-state index in [-0.39, 0.29) is 30.1 Å². The summed E-state index contributed by atoms with van der Waals surface area (Å²) in [6, 6.07) is 13.0. The number of nitrogens with zero attached hydrogens (tertiary/aromatic N) is 1. The first kappa shape index (κ1) is 29.6.